The van der Waals surface area contributed by atoms with Crippen LogP contribution in [0.3, 0.4) is 0 Å². The third-order valence-corrected chi connectivity index (χ3v) is 2.95. The molecular weight excluding hydrogens is 284 g/mol. The molecule has 5 heteroatoms. The second-order valence-electron chi connectivity index (χ2n) is 3.68. The van der Waals surface area contributed by atoms with Gasteiger partial charge in [0.05, 0.1) is 0 Å². The van der Waals surface area contributed by atoms with E-state index in [1.165, 1.54) is 0 Å². The van der Waals surface area contributed by atoms with Gasteiger partial charge in [-0.25, -0.2) is 0 Å². The number of anilines is 1. The third kappa shape index (κ3) is 2.55. The van der Waals surface area contributed by atoms with Crippen LogP contribution in [0.2, 0.25) is 0 Å². The number of halogens is 1. The molecule has 0 atom stereocenters. The van der Waals surface area contributed by atoms with Gasteiger partial charge in [-0.2, -0.15) is 0 Å². The third-order valence-electron chi connectivity index (χ3n) is 2.45. The summed E-state index contributed by atoms with van der Waals surface area (Å²) in [6, 6.07) is 7.37. The van der Waals surface area contributed by atoms with Crippen LogP contribution in [0.5, 0.6) is 0 Å². The minimum atomic E-state index is -0.266. The van der Waals surface area contributed by atoms with Gasteiger partial charge in [-0.05, 0) is 32.0 Å². The summed E-state index contributed by atoms with van der Waals surface area (Å²) < 4.78 is 5.86. The predicted molar refractivity (Wildman–Crippen MR) is 68.1 cm³/mol. The molecule has 0 fully saturated rings. The van der Waals surface area contributed by atoms with Crippen LogP contribution in [-0.4, -0.2) is 11.1 Å². The standard InChI is InChI=1S/C12H11BrN2O2/c1-7-8(2)17-15-11(7)12(16)14-10-5-3-4-9(13)6-10/h3-6H,1-2H3,(H,14,16). The quantitative estimate of drug-likeness (QED) is 0.924. The van der Waals surface area contributed by atoms with Gasteiger partial charge in [0.15, 0.2) is 5.69 Å². The zero-order valence-corrected chi connectivity index (χ0v) is 11.0. The smallest absolute Gasteiger partial charge is 0.278 e. The molecule has 0 aliphatic carbocycles. The lowest BCUT2D eigenvalue weighted by atomic mass is 10.2. The Morgan fingerprint density at radius 1 is 1.41 bits per heavy atom. The van der Waals surface area contributed by atoms with Gasteiger partial charge < -0.3 is 9.84 Å². The highest BCUT2D eigenvalue weighted by atomic mass is 79.9. The summed E-state index contributed by atoms with van der Waals surface area (Å²) in [6.45, 7) is 3.58. The number of aryl methyl sites for hydroxylation is 1. The van der Waals surface area contributed by atoms with E-state index in [0.29, 0.717) is 17.1 Å². The molecule has 1 amide bonds. The zero-order chi connectivity index (χ0) is 12.4. The average molecular weight is 295 g/mol. The van der Waals surface area contributed by atoms with Gasteiger partial charge in [0.2, 0.25) is 0 Å². The molecule has 2 aromatic rings. The van der Waals surface area contributed by atoms with E-state index in [9.17, 15) is 4.79 Å². The molecule has 0 saturated heterocycles. The topological polar surface area (TPSA) is 55.1 Å². The van der Waals surface area contributed by atoms with Crippen LogP contribution < -0.4 is 5.32 Å². The highest BCUT2D eigenvalue weighted by Crippen LogP contribution is 2.18. The van der Waals surface area contributed by atoms with E-state index in [-0.39, 0.29) is 5.91 Å². The molecule has 0 unspecified atom stereocenters. The first-order chi connectivity index (χ1) is 8.08. The molecule has 1 aromatic heterocycles. The maximum Gasteiger partial charge on any atom is 0.278 e. The fourth-order valence-corrected chi connectivity index (χ4v) is 1.79. The lowest BCUT2D eigenvalue weighted by molar-refractivity contribution is 0.101. The Kier molecular flexibility index (Phi) is 3.28. The van der Waals surface area contributed by atoms with Gasteiger partial charge in [0.25, 0.3) is 5.91 Å². The highest BCUT2D eigenvalue weighted by molar-refractivity contribution is 9.10. The summed E-state index contributed by atoms with van der Waals surface area (Å²) >= 11 is 3.34. The van der Waals surface area contributed by atoms with Crippen molar-refractivity contribution < 1.29 is 9.32 Å². The van der Waals surface area contributed by atoms with Crippen LogP contribution in [0.15, 0.2) is 33.3 Å². The SMILES string of the molecule is Cc1onc(C(=O)Nc2cccc(Br)c2)c1C. The second kappa shape index (κ2) is 4.71. The van der Waals surface area contributed by atoms with Gasteiger partial charge in [0, 0.05) is 15.7 Å². The van der Waals surface area contributed by atoms with Gasteiger partial charge >= 0.3 is 0 Å². The van der Waals surface area contributed by atoms with Crippen LogP contribution in [-0.2, 0) is 0 Å². The summed E-state index contributed by atoms with van der Waals surface area (Å²) in [7, 11) is 0. The van der Waals surface area contributed by atoms with E-state index in [1.807, 2.05) is 31.2 Å². The van der Waals surface area contributed by atoms with E-state index in [2.05, 4.69) is 26.4 Å². The van der Waals surface area contributed by atoms with Crippen molar-refractivity contribution in [1.82, 2.24) is 5.16 Å². The van der Waals surface area contributed by atoms with Crippen molar-refractivity contribution in [1.29, 1.82) is 0 Å². The maximum absolute atomic E-state index is 11.9. The Morgan fingerprint density at radius 2 is 2.18 bits per heavy atom. The molecule has 17 heavy (non-hydrogen) atoms. The molecule has 0 radical (unpaired) electrons. The first-order valence-electron chi connectivity index (χ1n) is 5.07. The Labute approximate surface area is 107 Å². The number of carbonyl (C=O) groups is 1. The van der Waals surface area contributed by atoms with Gasteiger partial charge in [0.1, 0.15) is 5.76 Å². The lowest BCUT2D eigenvalue weighted by Gasteiger charge is -2.03. The Balaban J connectivity index is 2.20. The van der Waals surface area contributed by atoms with Crippen LogP contribution >= 0.6 is 15.9 Å². The maximum atomic E-state index is 11.9. The summed E-state index contributed by atoms with van der Waals surface area (Å²) in [5.74, 6) is 0.391. The Hall–Kier alpha value is -1.62. The van der Waals surface area contributed by atoms with Gasteiger partial charge in [-0.1, -0.05) is 27.2 Å². The van der Waals surface area contributed by atoms with E-state index in [0.717, 1.165) is 10.0 Å². The van der Waals surface area contributed by atoms with Crippen molar-refractivity contribution in [3.63, 3.8) is 0 Å². The molecule has 4 nitrogen and oxygen atoms in total. The molecule has 1 heterocycles. The number of carbonyl (C=O) groups excluding carboxylic acids is 1. The number of aromatic nitrogens is 1. The Bertz CT molecular complexity index is 563. The molecule has 0 aliphatic rings. The summed E-state index contributed by atoms with van der Waals surface area (Å²) in [6.07, 6.45) is 0. The number of nitrogens with zero attached hydrogens (tertiary/aromatic N) is 1. The molecular formula is C12H11BrN2O2. The van der Waals surface area contributed by atoms with Crippen LogP contribution in [0.25, 0.3) is 0 Å². The number of rotatable bonds is 2. The van der Waals surface area contributed by atoms with Crippen molar-refractivity contribution >= 4 is 27.5 Å². The van der Waals surface area contributed by atoms with Crippen LogP contribution in [0, 0.1) is 13.8 Å². The monoisotopic (exact) mass is 294 g/mol. The average Bonchev–Trinajstić information content (AvgIpc) is 2.60. The van der Waals surface area contributed by atoms with Crippen molar-refractivity contribution in [3.8, 4) is 0 Å². The molecule has 88 valence electrons. The van der Waals surface area contributed by atoms with Crippen molar-refractivity contribution in [2.45, 2.75) is 13.8 Å². The number of hydrogen-bond donors (Lipinski definition) is 1. The first kappa shape index (κ1) is 11.9. The largest absolute Gasteiger partial charge is 0.361 e. The fourth-order valence-electron chi connectivity index (χ4n) is 1.39. The minimum Gasteiger partial charge on any atom is -0.361 e. The number of benzene rings is 1. The zero-order valence-electron chi connectivity index (χ0n) is 9.45. The molecule has 0 spiro atoms. The van der Waals surface area contributed by atoms with Gasteiger partial charge in [-0.15, -0.1) is 0 Å². The van der Waals surface area contributed by atoms with Crippen molar-refractivity contribution in [3.05, 3.63) is 45.8 Å². The van der Waals surface area contributed by atoms with E-state index in [1.54, 1.807) is 6.92 Å². The van der Waals surface area contributed by atoms with Crippen molar-refractivity contribution in [2.75, 3.05) is 5.32 Å². The normalized spacial score (nSPS) is 10.3. The lowest BCUT2D eigenvalue weighted by Crippen LogP contribution is -2.13. The summed E-state index contributed by atoms with van der Waals surface area (Å²) in [5, 5.41) is 6.50. The molecule has 0 saturated carbocycles. The number of hydrogen-bond acceptors (Lipinski definition) is 3. The molecule has 0 aliphatic heterocycles. The van der Waals surface area contributed by atoms with E-state index >= 15 is 0 Å². The predicted octanol–water partition coefficient (Wildman–Crippen LogP) is 3.31. The fraction of sp³-hybridized carbons (Fsp3) is 0.167. The van der Waals surface area contributed by atoms with Crippen LogP contribution in [0.4, 0.5) is 5.69 Å². The number of nitrogens with one attached hydrogen (secondary N) is 1. The molecule has 0 bridgehead atoms. The summed E-state index contributed by atoms with van der Waals surface area (Å²) in [5.41, 5.74) is 1.80. The summed E-state index contributed by atoms with van der Waals surface area (Å²) in [4.78, 5) is 11.9. The van der Waals surface area contributed by atoms with E-state index < -0.39 is 0 Å². The molecule has 2 rings (SSSR count). The highest BCUT2D eigenvalue weighted by Gasteiger charge is 2.16. The second-order valence-corrected chi connectivity index (χ2v) is 4.59. The van der Waals surface area contributed by atoms with Crippen molar-refractivity contribution in [2.24, 2.45) is 0 Å². The van der Waals surface area contributed by atoms with Crippen LogP contribution in [0.1, 0.15) is 21.8 Å². The van der Waals surface area contributed by atoms with E-state index in [4.69, 9.17) is 4.52 Å². The Morgan fingerprint density at radius 3 is 2.76 bits per heavy atom. The molecule has 1 aromatic carbocycles. The number of amides is 1. The molecule has 1 N–H and O–H groups in total. The van der Waals surface area contributed by atoms with Gasteiger partial charge in [-0.3, -0.25) is 4.79 Å². The first-order valence-corrected chi connectivity index (χ1v) is 5.87. The minimum absolute atomic E-state index is 0.266.